The van der Waals surface area contributed by atoms with E-state index < -0.39 is 15.4 Å². The zero-order valence-electron chi connectivity index (χ0n) is 12.6. The quantitative estimate of drug-likeness (QED) is 0.635. The molecular formula is C14H23BrN2O3S. The van der Waals surface area contributed by atoms with E-state index in [1.165, 1.54) is 6.07 Å². The summed E-state index contributed by atoms with van der Waals surface area (Å²) in [4.78, 5) is 0.169. The number of rotatable bonds is 7. The van der Waals surface area contributed by atoms with Crippen LogP contribution in [0.15, 0.2) is 21.5 Å². The highest BCUT2D eigenvalue weighted by Crippen LogP contribution is 2.28. The molecule has 5 nitrogen and oxygen atoms in total. The van der Waals surface area contributed by atoms with Gasteiger partial charge in [0.05, 0.1) is 4.90 Å². The Hall–Kier alpha value is -0.630. The Kier molecular flexibility index (Phi) is 6.22. The van der Waals surface area contributed by atoms with Gasteiger partial charge in [-0.2, -0.15) is 0 Å². The maximum Gasteiger partial charge on any atom is 0.240 e. The lowest BCUT2D eigenvalue weighted by molar-refractivity contribution is 0.119. The molecule has 0 amide bonds. The van der Waals surface area contributed by atoms with Gasteiger partial charge in [-0.05, 0) is 53.4 Å². The van der Waals surface area contributed by atoms with Gasteiger partial charge in [0.2, 0.25) is 10.0 Å². The zero-order valence-corrected chi connectivity index (χ0v) is 15.0. The molecule has 0 aliphatic rings. The predicted molar refractivity (Wildman–Crippen MR) is 88.6 cm³/mol. The van der Waals surface area contributed by atoms with Crippen LogP contribution in [0.1, 0.15) is 32.3 Å². The molecule has 1 aromatic rings. The van der Waals surface area contributed by atoms with E-state index in [-0.39, 0.29) is 18.0 Å². The van der Waals surface area contributed by atoms with E-state index in [4.69, 9.17) is 5.73 Å². The van der Waals surface area contributed by atoms with Crippen LogP contribution in [-0.4, -0.2) is 26.7 Å². The van der Waals surface area contributed by atoms with Crippen LogP contribution >= 0.6 is 15.9 Å². The van der Waals surface area contributed by atoms with E-state index in [9.17, 15) is 13.5 Å². The molecule has 0 aromatic heterocycles. The first kappa shape index (κ1) is 18.4. The summed E-state index contributed by atoms with van der Waals surface area (Å²) in [6, 6.07) is 3.13. The lowest BCUT2D eigenvalue weighted by Crippen LogP contribution is -2.39. The maximum atomic E-state index is 12.4. The summed E-state index contributed by atoms with van der Waals surface area (Å²) in [6.07, 6.45) is 1.40. The van der Waals surface area contributed by atoms with Gasteiger partial charge >= 0.3 is 0 Å². The number of hydrogen-bond acceptors (Lipinski definition) is 4. The van der Waals surface area contributed by atoms with Gasteiger partial charge in [0.15, 0.2) is 0 Å². The van der Waals surface area contributed by atoms with E-state index in [0.29, 0.717) is 28.6 Å². The maximum absolute atomic E-state index is 12.4. The topological polar surface area (TPSA) is 92.4 Å². The zero-order chi connectivity index (χ0) is 16.3. The number of nitrogen functional groups attached to an aromatic ring is 1. The molecule has 0 aliphatic heterocycles. The number of halogens is 1. The number of aliphatic hydroxyl groups excluding tert-OH is 1. The second kappa shape index (κ2) is 7.09. The fourth-order valence-corrected chi connectivity index (χ4v) is 3.94. The molecule has 0 radical (unpaired) electrons. The standard InChI is InChI=1S/C14H23BrN2O3S/c1-4-14(5-2,9-18)8-17-21(19,20)13-7-12(16)11(15)6-10(13)3/h6-7,17-18H,4-5,8-9,16H2,1-3H3. The number of aryl methyl sites for hydroxylation is 1. The monoisotopic (exact) mass is 378 g/mol. The number of sulfonamides is 1. The van der Waals surface area contributed by atoms with Crippen molar-refractivity contribution in [2.24, 2.45) is 5.41 Å². The normalized spacial score (nSPS) is 12.6. The highest BCUT2D eigenvalue weighted by molar-refractivity contribution is 9.10. The molecule has 1 rings (SSSR count). The van der Waals surface area contributed by atoms with Crippen molar-refractivity contribution in [1.29, 1.82) is 0 Å². The molecule has 0 spiro atoms. The Morgan fingerprint density at radius 1 is 1.33 bits per heavy atom. The molecule has 7 heteroatoms. The van der Waals surface area contributed by atoms with Crippen molar-refractivity contribution < 1.29 is 13.5 Å². The van der Waals surface area contributed by atoms with Gasteiger partial charge in [-0.3, -0.25) is 0 Å². The minimum atomic E-state index is -3.66. The Morgan fingerprint density at radius 2 is 1.90 bits per heavy atom. The van der Waals surface area contributed by atoms with Crippen molar-refractivity contribution >= 4 is 31.6 Å². The highest BCUT2D eigenvalue weighted by atomic mass is 79.9. The van der Waals surface area contributed by atoms with Crippen LogP contribution in [0, 0.1) is 12.3 Å². The van der Waals surface area contributed by atoms with Crippen molar-refractivity contribution in [2.75, 3.05) is 18.9 Å². The number of nitrogens with two attached hydrogens (primary N) is 1. The van der Waals surface area contributed by atoms with Crippen LogP contribution in [0.4, 0.5) is 5.69 Å². The van der Waals surface area contributed by atoms with Gasteiger partial charge in [0, 0.05) is 28.7 Å². The number of aliphatic hydroxyl groups is 1. The summed E-state index contributed by atoms with van der Waals surface area (Å²) in [7, 11) is -3.66. The number of anilines is 1. The largest absolute Gasteiger partial charge is 0.398 e. The van der Waals surface area contributed by atoms with E-state index in [1.54, 1.807) is 13.0 Å². The Labute approximate surface area is 135 Å². The van der Waals surface area contributed by atoms with Gasteiger partial charge in [-0.1, -0.05) is 13.8 Å². The molecule has 21 heavy (non-hydrogen) atoms. The van der Waals surface area contributed by atoms with E-state index in [2.05, 4.69) is 20.7 Å². The van der Waals surface area contributed by atoms with Crippen LogP contribution in [0.5, 0.6) is 0 Å². The Morgan fingerprint density at radius 3 is 2.38 bits per heavy atom. The Bertz CT molecular complexity index is 590. The van der Waals surface area contributed by atoms with Crippen molar-refractivity contribution in [1.82, 2.24) is 4.72 Å². The van der Waals surface area contributed by atoms with Gasteiger partial charge < -0.3 is 10.8 Å². The summed E-state index contributed by atoms with van der Waals surface area (Å²) < 4.78 is 28.2. The van der Waals surface area contributed by atoms with Crippen LogP contribution in [0.2, 0.25) is 0 Å². The number of benzene rings is 1. The third-order valence-electron chi connectivity index (χ3n) is 4.06. The minimum Gasteiger partial charge on any atom is -0.398 e. The first-order chi connectivity index (χ1) is 9.71. The average molecular weight is 379 g/mol. The summed E-state index contributed by atoms with van der Waals surface area (Å²) in [6.45, 7) is 5.75. The SMILES string of the molecule is CCC(CC)(CO)CNS(=O)(=O)c1cc(N)c(Br)cc1C. The lowest BCUT2D eigenvalue weighted by Gasteiger charge is -2.29. The number of hydrogen-bond donors (Lipinski definition) is 3. The van der Waals surface area contributed by atoms with Crippen molar-refractivity contribution in [3.05, 3.63) is 22.2 Å². The van der Waals surface area contributed by atoms with Gasteiger partial charge in [0.1, 0.15) is 0 Å². The smallest absolute Gasteiger partial charge is 0.240 e. The predicted octanol–water partition coefficient (Wildman–Crippen LogP) is 2.42. The van der Waals surface area contributed by atoms with Crippen molar-refractivity contribution in [3.8, 4) is 0 Å². The third kappa shape index (κ3) is 4.18. The molecule has 0 unspecified atom stereocenters. The highest BCUT2D eigenvalue weighted by Gasteiger charge is 2.28. The van der Waals surface area contributed by atoms with Crippen molar-refractivity contribution in [3.63, 3.8) is 0 Å². The molecule has 0 aliphatic carbocycles. The average Bonchev–Trinajstić information content (AvgIpc) is 2.45. The third-order valence-corrected chi connectivity index (χ3v) is 6.29. The molecule has 4 N–H and O–H groups in total. The van der Waals surface area contributed by atoms with Gasteiger partial charge in [0.25, 0.3) is 0 Å². The molecule has 0 heterocycles. The summed E-state index contributed by atoms with van der Waals surface area (Å²) in [5.74, 6) is 0. The molecule has 120 valence electrons. The van der Waals surface area contributed by atoms with Crippen LogP contribution < -0.4 is 10.5 Å². The second-order valence-electron chi connectivity index (χ2n) is 5.33. The molecule has 1 aromatic carbocycles. The molecule has 0 bridgehead atoms. The van der Waals surface area contributed by atoms with E-state index in [0.717, 1.165) is 0 Å². The Balaban J connectivity index is 3.05. The molecule has 0 atom stereocenters. The van der Waals surface area contributed by atoms with Crippen LogP contribution in [-0.2, 0) is 10.0 Å². The van der Waals surface area contributed by atoms with E-state index in [1.807, 2.05) is 13.8 Å². The molecule has 0 fully saturated rings. The summed E-state index contributed by atoms with van der Waals surface area (Å²) >= 11 is 3.28. The lowest BCUT2D eigenvalue weighted by atomic mass is 9.84. The fourth-order valence-electron chi connectivity index (χ4n) is 2.06. The summed E-state index contributed by atoms with van der Waals surface area (Å²) in [5, 5.41) is 9.52. The van der Waals surface area contributed by atoms with Crippen LogP contribution in [0.25, 0.3) is 0 Å². The second-order valence-corrected chi connectivity index (χ2v) is 7.92. The van der Waals surface area contributed by atoms with Gasteiger partial charge in [-0.25, -0.2) is 13.1 Å². The van der Waals surface area contributed by atoms with E-state index >= 15 is 0 Å². The van der Waals surface area contributed by atoms with Crippen LogP contribution in [0.3, 0.4) is 0 Å². The molecular weight excluding hydrogens is 356 g/mol. The first-order valence-electron chi connectivity index (χ1n) is 6.87. The fraction of sp³-hybridized carbons (Fsp3) is 0.571. The first-order valence-corrected chi connectivity index (χ1v) is 9.15. The minimum absolute atomic E-state index is 0.0516. The summed E-state index contributed by atoms with van der Waals surface area (Å²) in [5.41, 5.74) is 6.33. The van der Waals surface area contributed by atoms with Gasteiger partial charge in [-0.15, -0.1) is 0 Å². The van der Waals surface area contributed by atoms with Crippen molar-refractivity contribution in [2.45, 2.75) is 38.5 Å². The number of nitrogens with one attached hydrogen (secondary N) is 1. The molecule has 0 saturated carbocycles. The molecule has 0 saturated heterocycles.